The molecule has 0 bridgehead atoms. The fraction of sp³-hybridized carbons (Fsp3) is 0.700. The molecule has 0 saturated carbocycles. The summed E-state index contributed by atoms with van der Waals surface area (Å²) in [6.45, 7) is 0.561. The number of hydrogen-bond acceptors (Lipinski definition) is 8. The van der Waals surface area contributed by atoms with E-state index in [1.165, 1.54) is 4.90 Å². The van der Waals surface area contributed by atoms with E-state index < -0.39 is 66.2 Å². The Kier molecular flexibility index (Phi) is 11.9. The number of aliphatic carboxylic acids is 2. The van der Waals surface area contributed by atoms with Gasteiger partial charge < -0.3 is 42.9 Å². The topological polar surface area (TPSA) is 248 Å². The zero-order chi connectivity index (χ0) is 25.8. The van der Waals surface area contributed by atoms with Crippen LogP contribution >= 0.6 is 0 Å². The van der Waals surface area contributed by atoms with E-state index in [9.17, 15) is 33.9 Å². The van der Waals surface area contributed by atoms with Gasteiger partial charge in [-0.15, -0.1) is 0 Å². The summed E-state index contributed by atoms with van der Waals surface area (Å²) in [5.41, 5.74) is 16.1. The average molecular weight is 487 g/mol. The van der Waals surface area contributed by atoms with E-state index in [1.54, 1.807) is 0 Å². The number of hydrogen-bond donors (Lipinski definition) is 7. The van der Waals surface area contributed by atoms with Crippen molar-refractivity contribution in [2.45, 2.75) is 75.5 Å². The van der Waals surface area contributed by atoms with Crippen LogP contribution in [0.2, 0.25) is 0 Å². The van der Waals surface area contributed by atoms with Crippen LogP contribution < -0.4 is 27.8 Å². The number of carbonyl (C=O) groups is 6. The molecule has 1 aliphatic rings. The molecular formula is C20H34N6O8. The number of carbonyl (C=O) groups excluding carboxylic acids is 4. The zero-order valence-corrected chi connectivity index (χ0v) is 18.9. The third-order valence-electron chi connectivity index (χ3n) is 5.43. The normalized spacial score (nSPS) is 17.9. The Morgan fingerprint density at radius 1 is 1.00 bits per heavy atom. The minimum atomic E-state index is -1.43. The smallest absolute Gasteiger partial charge is 0.326 e. The molecule has 1 aliphatic heterocycles. The molecule has 4 atom stereocenters. The van der Waals surface area contributed by atoms with E-state index in [1.807, 2.05) is 0 Å². The number of nitrogens with zero attached hydrogens (tertiary/aromatic N) is 1. The van der Waals surface area contributed by atoms with E-state index in [4.69, 9.17) is 22.3 Å². The summed E-state index contributed by atoms with van der Waals surface area (Å²) in [4.78, 5) is 73.0. The monoisotopic (exact) mass is 486 g/mol. The fourth-order valence-electron chi connectivity index (χ4n) is 3.62. The van der Waals surface area contributed by atoms with Gasteiger partial charge in [0, 0.05) is 13.0 Å². The van der Waals surface area contributed by atoms with E-state index in [-0.39, 0.29) is 32.2 Å². The van der Waals surface area contributed by atoms with Crippen molar-refractivity contribution in [2.75, 3.05) is 13.1 Å². The molecule has 14 heteroatoms. The molecule has 0 spiro atoms. The average Bonchev–Trinajstić information content (AvgIpc) is 3.24. The van der Waals surface area contributed by atoms with Gasteiger partial charge in [-0.2, -0.15) is 0 Å². The minimum Gasteiger partial charge on any atom is -0.481 e. The molecule has 0 aromatic carbocycles. The summed E-state index contributed by atoms with van der Waals surface area (Å²) in [6, 6.07) is -4.81. The van der Waals surface area contributed by atoms with E-state index >= 15 is 0 Å². The van der Waals surface area contributed by atoms with Crippen molar-refractivity contribution in [1.29, 1.82) is 0 Å². The minimum absolute atomic E-state index is 0.173. The molecule has 0 aliphatic carbocycles. The number of primary amides is 1. The van der Waals surface area contributed by atoms with Gasteiger partial charge in [0.25, 0.3) is 0 Å². The predicted octanol–water partition coefficient (Wildman–Crippen LogP) is -2.77. The van der Waals surface area contributed by atoms with Gasteiger partial charge in [0.05, 0.1) is 12.5 Å². The number of rotatable bonds is 15. The van der Waals surface area contributed by atoms with Crippen molar-refractivity contribution in [3.05, 3.63) is 0 Å². The van der Waals surface area contributed by atoms with E-state index in [0.717, 1.165) is 0 Å². The van der Waals surface area contributed by atoms with E-state index in [0.29, 0.717) is 25.8 Å². The van der Waals surface area contributed by atoms with Gasteiger partial charge in [-0.25, -0.2) is 4.79 Å². The molecule has 34 heavy (non-hydrogen) atoms. The van der Waals surface area contributed by atoms with Gasteiger partial charge in [-0.05, 0) is 45.1 Å². The number of nitrogens with two attached hydrogens (primary N) is 3. The first-order chi connectivity index (χ1) is 16.0. The van der Waals surface area contributed by atoms with Gasteiger partial charge in [0.2, 0.25) is 23.6 Å². The van der Waals surface area contributed by atoms with Crippen LogP contribution in [0.15, 0.2) is 0 Å². The Balaban J connectivity index is 2.94. The Labute approximate surface area is 196 Å². The molecule has 0 radical (unpaired) electrons. The lowest BCUT2D eigenvalue weighted by atomic mass is 10.1. The summed E-state index contributed by atoms with van der Waals surface area (Å²) in [6.07, 6.45) is 0.915. The SMILES string of the molecule is NCCCCC(NC(=O)C1CCCN1C(=O)C(CCC(N)=O)NC(=O)C(N)CC(=O)O)C(=O)O. The number of amides is 4. The number of likely N-dealkylation sites (tertiary alicyclic amines) is 1. The number of carboxylic acids is 2. The maximum atomic E-state index is 13.2. The maximum absolute atomic E-state index is 13.2. The highest BCUT2D eigenvalue weighted by Crippen LogP contribution is 2.20. The molecule has 4 unspecified atom stereocenters. The molecule has 0 aromatic rings. The molecule has 1 heterocycles. The van der Waals surface area contributed by atoms with Crippen LogP contribution in [0, 0.1) is 0 Å². The first-order valence-electron chi connectivity index (χ1n) is 11.1. The zero-order valence-electron chi connectivity index (χ0n) is 18.9. The summed E-state index contributed by atoms with van der Waals surface area (Å²) < 4.78 is 0. The van der Waals surface area contributed by atoms with Gasteiger partial charge >= 0.3 is 11.9 Å². The largest absolute Gasteiger partial charge is 0.481 e. The third-order valence-corrected chi connectivity index (χ3v) is 5.43. The Bertz CT molecular complexity index is 776. The third kappa shape index (κ3) is 9.31. The highest BCUT2D eigenvalue weighted by molar-refractivity contribution is 5.95. The summed E-state index contributed by atoms with van der Waals surface area (Å²) >= 11 is 0. The first kappa shape index (κ1) is 28.8. The van der Waals surface area contributed by atoms with Gasteiger partial charge in [0.1, 0.15) is 18.1 Å². The summed E-state index contributed by atoms with van der Waals surface area (Å²) in [5, 5.41) is 23.0. The number of nitrogens with one attached hydrogen (secondary N) is 2. The number of unbranched alkanes of at least 4 members (excludes halogenated alkanes) is 1. The highest BCUT2D eigenvalue weighted by atomic mass is 16.4. The molecule has 14 nitrogen and oxygen atoms in total. The highest BCUT2D eigenvalue weighted by Gasteiger charge is 2.39. The molecule has 0 aromatic heterocycles. The van der Waals surface area contributed by atoms with Crippen LogP contribution in [0.1, 0.15) is 51.4 Å². The van der Waals surface area contributed by atoms with Gasteiger partial charge in [-0.1, -0.05) is 0 Å². The lowest BCUT2D eigenvalue weighted by molar-refractivity contribution is -0.145. The van der Waals surface area contributed by atoms with Crippen LogP contribution in [0.4, 0.5) is 0 Å². The second-order valence-electron chi connectivity index (χ2n) is 8.14. The fourth-order valence-corrected chi connectivity index (χ4v) is 3.62. The molecule has 1 rings (SSSR count). The second kappa shape index (κ2) is 14.1. The Morgan fingerprint density at radius 2 is 1.68 bits per heavy atom. The van der Waals surface area contributed by atoms with E-state index in [2.05, 4.69) is 10.6 Å². The molecule has 192 valence electrons. The molecular weight excluding hydrogens is 452 g/mol. The Morgan fingerprint density at radius 3 is 2.24 bits per heavy atom. The van der Waals surface area contributed by atoms with Crippen molar-refractivity contribution in [3.8, 4) is 0 Å². The number of carboxylic acid groups (broad SMARTS) is 2. The summed E-state index contributed by atoms with van der Waals surface area (Å²) in [5.74, 6) is -5.47. The van der Waals surface area contributed by atoms with Crippen LogP contribution in [-0.4, -0.2) is 87.9 Å². The Hall–Kier alpha value is -3.26. The van der Waals surface area contributed by atoms with Crippen LogP contribution in [-0.2, 0) is 28.8 Å². The predicted molar refractivity (Wildman–Crippen MR) is 118 cm³/mol. The quantitative estimate of drug-likeness (QED) is 0.117. The lowest BCUT2D eigenvalue weighted by Crippen LogP contribution is -2.57. The van der Waals surface area contributed by atoms with Crippen LogP contribution in [0.3, 0.4) is 0 Å². The standard InChI is InChI=1S/C20H34N6O8/c21-8-2-1-4-13(20(33)34)25-18(31)14-5-3-9-26(14)19(32)12(6-7-15(23)27)24-17(30)11(22)10-16(28)29/h11-14H,1-10,21-22H2,(H2,23,27)(H,24,30)(H,25,31)(H,28,29)(H,33,34). The summed E-state index contributed by atoms with van der Waals surface area (Å²) in [7, 11) is 0. The van der Waals surface area contributed by atoms with Crippen molar-refractivity contribution in [3.63, 3.8) is 0 Å². The second-order valence-corrected chi connectivity index (χ2v) is 8.14. The first-order valence-corrected chi connectivity index (χ1v) is 11.1. The van der Waals surface area contributed by atoms with Crippen molar-refractivity contribution in [2.24, 2.45) is 17.2 Å². The van der Waals surface area contributed by atoms with Crippen molar-refractivity contribution < 1.29 is 39.0 Å². The van der Waals surface area contributed by atoms with Gasteiger partial charge in [0.15, 0.2) is 0 Å². The molecule has 1 fully saturated rings. The molecule has 4 amide bonds. The molecule has 10 N–H and O–H groups in total. The molecule has 1 saturated heterocycles. The lowest BCUT2D eigenvalue weighted by Gasteiger charge is -2.29. The van der Waals surface area contributed by atoms with Gasteiger partial charge in [-0.3, -0.25) is 24.0 Å². The van der Waals surface area contributed by atoms with Crippen molar-refractivity contribution in [1.82, 2.24) is 15.5 Å². The van der Waals surface area contributed by atoms with Crippen LogP contribution in [0.25, 0.3) is 0 Å². The maximum Gasteiger partial charge on any atom is 0.326 e. The van der Waals surface area contributed by atoms with Crippen LogP contribution in [0.5, 0.6) is 0 Å². The van der Waals surface area contributed by atoms with Crippen molar-refractivity contribution >= 4 is 35.6 Å².